The van der Waals surface area contributed by atoms with E-state index in [9.17, 15) is 0 Å². The van der Waals surface area contributed by atoms with Crippen LogP contribution in [0.15, 0.2) is 11.4 Å². The molecule has 2 aromatic heterocycles. The molecule has 2 atom stereocenters. The van der Waals surface area contributed by atoms with Gasteiger partial charge in [0.05, 0.1) is 11.7 Å². The Hall–Kier alpha value is -0.910. The van der Waals surface area contributed by atoms with Crippen LogP contribution in [-0.2, 0) is 12.8 Å². The number of aryl methyl sites for hydroxylation is 1. The molecular formula is C15H19N3S2. The Morgan fingerprint density at radius 1 is 1.35 bits per heavy atom. The third-order valence-electron chi connectivity index (χ3n) is 4.51. The van der Waals surface area contributed by atoms with Gasteiger partial charge in [0.25, 0.3) is 0 Å². The molecule has 0 radical (unpaired) electrons. The van der Waals surface area contributed by atoms with Crippen LogP contribution in [0, 0.1) is 0 Å². The molecule has 0 spiro atoms. The lowest BCUT2D eigenvalue weighted by Crippen LogP contribution is -2.33. The molecule has 0 saturated heterocycles. The van der Waals surface area contributed by atoms with Crippen LogP contribution in [-0.4, -0.2) is 11.5 Å². The first-order chi connectivity index (χ1) is 9.74. The van der Waals surface area contributed by atoms with Gasteiger partial charge >= 0.3 is 0 Å². The molecule has 1 aliphatic heterocycles. The highest BCUT2D eigenvalue weighted by atomic mass is 32.1. The summed E-state index contributed by atoms with van der Waals surface area (Å²) in [5.41, 5.74) is 8.86. The van der Waals surface area contributed by atoms with Crippen LogP contribution in [0.5, 0.6) is 0 Å². The number of anilines is 1. The van der Waals surface area contributed by atoms with Gasteiger partial charge in [-0.15, -0.1) is 22.7 Å². The predicted molar refractivity (Wildman–Crippen MR) is 85.8 cm³/mol. The lowest BCUT2D eigenvalue weighted by Gasteiger charge is -2.33. The molecule has 0 amide bonds. The zero-order chi connectivity index (χ0) is 13.7. The lowest BCUT2D eigenvalue weighted by atomic mass is 9.99. The SMILES string of the molecule is CC1c2ccsc2CCN1c1nc2c(s1)CCCC2N. The Kier molecular flexibility index (Phi) is 3.09. The first-order valence-electron chi connectivity index (χ1n) is 7.32. The Balaban J connectivity index is 1.69. The Morgan fingerprint density at radius 3 is 3.10 bits per heavy atom. The molecule has 3 nitrogen and oxygen atoms in total. The molecule has 0 aromatic carbocycles. The first kappa shape index (κ1) is 12.8. The van der Waals surface area contributed by atoms with Crippen molar-refractivity contribution in [2.24, 2.45) is 5.73 Å². The fraction of sp³-hybridized carbons (Fsp3) is 0.533. The summed E-state index contributed by atoms with van der Waals surface area (Å²) in [6.07, 6.45) is 4.60. The van der Waals surface area contributed by atoms with E-state index in [1.807, 2.05) is 22.7 Å². The average Bonchev–Trinajstić information content (AvgIpc) is 3.06. The second-order valence-corrected chi connectivity index (χ2v) is 7.78. The van der Waals surface area contributed by atoms with Gasteiger partial charge in [-0.1, -0.05) is 0 Å². The maximum atomic E-state index is 6.21. The summed E-state index contributed by atoms with van der Waals surface area (Å²) in [4.78, 5) is 10.3. The maximum Gasteiger partial charge on any atom is 0.186 e. The lowest BCUT2D eigenvalue weighted by molar-refractivity contribution is 0.561. The Labute approximate surface area is 127 Å². The molecule has 0 fully saturated rings. The van der Waals surface area contributed by atoms with E-state index in [0.717, 1.165) is 25.8 Å². The summed E-state index contributed by atoms with van der Waals surface area (Å²) in [6, 6.07) is 2.87. The first-order valence-corrected chi connectivity index (χ1v) is 9.01. The van der Waals surface area contributed by atoms with Crippen molar-refractivity contribution >= 4 is 27.8 Å². The van der Waals surface area contributed by atoms with E-state index in [2.05, 4.69) is 23.3 Å². The molecule has 106 valence electrons. The smallest absolute Gasteiger partial charge is 0.186 e. The second kappa shape index (κ2) is 4.83. The van der Waals surface area contributed by atoms with Crippen molar-refractivity contribution in [1.82, 2.24) is 4.98 Å². The third-order valence-corrected chi connectivity index (χ3v) is 6.67. The Morgan fingerprint density at radius 2 is 2.25 bits per heavy atom. The number of nitrogens with zero attached hydrogens (tertiary/aromatic N) is 2. The van der Waals surface area contributed by atoms with Crippen LogP contribution in [0.25, 0.3) is 0 Å². The number of thiazole rings is 1. The van der Waals surface area contributed by atoms with Crippen LogP contribution in [0.1, 0.15) is 52.9 Å². The zero-order valence-electron chi connectivity index (χ0n) is 11.6. The standard InChI is InChI=1S/C15H19N3S2/c1-9-10-6-8-19-12(10)5-7-18(9)15-17-14-11(16)3-2-4-13(14)20-15/h6,8-9,11H,2-5,7,16H2,1H3. The summed E-state index contributed by atoms with van der Waals surface area (Å²) in [7, 11) is 0. The van der Waals surface area contributed by atoms with Crippen molar-refractivity contribution in [2.75, 3.05) is 11.4 Å². The molecule has 5 heteroatoms. The molecule has 0 bridgehead atoms. The summed E-state index contributed by atoms with van der Waals surface area (Å²) < 4.78 is 0. The van der Waals surface area contributed by atoms with Gasteiger partial charge < -0.3 is 10.6 Å². The van der Waals surface area contributed by atoms with Crippen LogP contribution in [0.2, 0.25) is 0 Å². The highest BCUT2D eigenvalue weighted by Gasteiger charge is 2.29. The number of hydrogen-bond acceptors (Lipinski definition) is 5. The van der Waals surface area contributed by atoms with Crippen molar-refractivity contribution in [3.8, 4) is 0 Å². The summed E-state index contributed by atoms with van der Waals surface area (Å²) in [5.74, 6) is 0. The van der Waals surface area contributed by atoms with E-state index in [4.69, 9.17) is 10.7 Å². The molecule has 0 saturated carbocycles. The largest absolute Gasteiger partial charge is 0.341 e. The number of hydrogen-bond donors (Lipinski definition) is 1. The predicted octanol–water partition coefficient (Wildman–Crippen LogP) is 3.66. The molecular weight excluding hydrogens is 286 g/mol. The van der Waals surface area contributed by atoms with Gasteiger partial charge in [-0.2, -0.15) is 0 Å². The van der Waals surface area contributed by atoms with Gasteiger partial charge in [0.1, 0.15) is 0 Å². The summed E-state index contributed by atoms with van der Waals surface area (Å²) in [6.45, 7) is 3.38. The van der Waals surface area contributed by atoms with Crippen LogP contribution in [0.4, 0.5) is 5.13 Å². The van der Waals surface area contributed by atoms with E-state index in [1.54, 1.807) is 4.88 Å². The number of fused-ring (bicyclic) bond motifs is 2. The average molecular weight is 305 g/mol. The van der Waals surface area contributed by atoms with Crippen molar-refractivity contribution in [3.63, 3.8) is 0 Å². The number of rotatable bonds is 1. The summed E-state index contributed by atoms with van der Waals surface area (Å²) in [5, 5.41) is 3.39. The van der Waals surface area contributed by atoms with Crippen LogP contribution >= 0.6 is 22.7 Å². The highest BCUT2D eigenvalue weighted by molar-refractivity contribution is 7.15. The zero-order valence-corrected chi connectivity index (χ0v) is 13.3. The third kappa shape index (κ3) is 1.91. The quantitative estimate of drug-likeness (QED) is 0.874. The highest BCUT2D eigenvalue weighted by Crippen LogP contribution is 2.41. The van der Waals surface area contributed by atoms with Crippen molar-refractivity contribution in [2.45, 2.75) is 44.7 Å². The molecule has 2 unspecified atom stereocenters. The topological polar surface area (TPSA) is 42.2 Å². The monoisotopic (exact) mass is 305 g/mol. The molecule has 2 aliphatic rings. The molecule has 20 heavy (non-hydrogen) atoms. The fourth-order valence-electron chi connectivity index (χ4n) is 3.33. The number of thiophene rings is 1. The van der Waals surface area contributed by atoms with Crippen LogP contribution < -0.4 is 10.6 Å². The molecule has 2 aromatic rings. The summed E-state index contributed by atoms with van der Waals surface area (Å²) >= 11 is 3.76. The normalized spacial score (nSPS) is 25.4. The van der Waals surface area contributed by atoms with E-state index < -0.39 is 0 Å². The van der Waals surface area contributed by atoms with E-state index in [-0.39, 0.29) is 6.04 Å². The Bertz CT molecular complexity index is 631. The maximum absolute atomic E-state index is 6.21. The van der Waals surface area contributed by atoms with Gasteiger partial charge in [-0.3, -0.25) is 0 Å². The number of aromatic nitrogens is 1. The van der Waals surface area contributed by atoms with Gasteiger partial charge in [0.2, 0.25) is 0 Å². The van der Waals surface area contributed by atoms with Gasteiger partial charge in [0.15, 0.2) is 5.13 Å². The second-order valence-electron chi connectivity index (χ2n) is 5.72. The van der Waals surface area contributed by atoms with E-state index in [0.29, 0.717) is 6.04 Å². The van der Waals surface area contributed by atoms with E-state index in [1.165, 1.54) is 27.7 Å². The molecule has 2 N–H and O–H groups in total. The van der Waals surface area contributed by atoms with Gasteiger partial charge in [-0.25, -0.2) is 4.98 Å². The molecule has 3 heterocycles. The minimum atomic E-state index is 0.153. The van der Waals surface area contributed by atoms with Crippen LogP contribution in [0.3, 0.4) is 0 Å². The minimum absolute atomic E-state index is 0.153. The van der Waals surface area contributed by atoms with Crippen molar-refractivity contribution in [1.29, 1.82) is 0 Å². The number of nitrogens with two attached hydrogens (primary N) is 1. The van der Waals surface area contributed by atoms with Crippen molar-refractivity contribution in [3.05, 3.63) is 32.5 Å². The molecule has 4 rings (SSSR count). The molecule has 1 aliphatic carbocycles. The van der Waals surface area contributed by atoms with Gasteiger partial charge in [-0.05, 0) is 49.6 Å². The minimum Gasteiger partial charge on any atom is -0.341 e. The van der Waals surface area contributed by atoms with E-state index >= 15 is 0 Å². The fourth-order valence-corrected chi connectivity index (χ4v) is 5.57. The van der Waals surface area contributed by atoms with Gasteiger partial charge in [0, 0.05) is 22.3 Å². The van der Waals surface area contributed by atoms with Crippen molar-refractivity contribution < 1.29 is 0 Å².